The first kappa shape index (κ1) is 30.8. The number of furan rings is 1. The van der Waals surface area contributed by atoms with Gasteiger partial charge >= 0.3 is 0 Å². The van der Waals surface area contributed by atoms with Gasteiger partial charge in [-0.15, -0.1) is 0 Å². The van der Waals surface area contributed by atoms with Crippen molar-refractivity contribution >= 4 is 76.1 Å². The van der Waals surface area contributed by atoms with Crippen molar-refractivity contribution in [3.8, 4) is 39.9 Å². The van der Waals surface area contributed by atoms with Gasteiger partial charge in [0, 0.05) is 32.7 Å². The summed E-state index contributed by atoms with van der Waals surface area (Å²) in [6.07, 6.45) is 0. The molecule has 0 N–H and O–H groups in total. The Hall–Kier alpha value is -7.63. The SMILES string of the molecule is c1ccc(-c2nc(-c3ccc4ccccc4c3)nc(-c3c(-n4c5ccccc5c5cc6ccccc6cc54)c4oc5ccccc5c4c4ccccc34)n2)cc1. The number of aromatic nitrogens is 4. The molecule has 0 fully saturated rings. The number of fused-ring (bicyclic) bond motifs is 10. The van der Waals surface area contributed by atoms with E-state index in [1.807, 2.05) is 24.3 Å². The van der Waals surface area contributed by atoms with Gasteiger partial charge in [-0.3, -0.25) is 0 Å². The van der Waals surface area contributed by atoms with Gasteiger partial charge in [-0.25, -0.2) is 15.0 Å². The molecule has 0 saturated carbocycles. The lowest BCUT2D eigenvalue weighted by Gasteiger charge is -2.18. The zero-order valence-corrected chi connectivity index (χ0v) is 30.0. The van der Waals surface area contributed by atoms with E-state index < -0.39 is 0 Å². The molecule has 5 nitrogen and oxygen atoms in total. The Morgan fingerprint density at radius 2 is 0.964 bits per heavy atom. The van der Waals surface area contributed by atoms with Crippen molar-refractivity contribution in [1.82, 2.24) is 19.5 Å². The number of rotatable bonds is 4. The van der Waals surface area contributed by atoms with Gasteiger partial charge in [-0.1, -0.05) is 152 Å². The highest BCUT2D eigenvalue weighted by molar-refractivity contribution is 6.26. The summed E-state index contributed by atoms with van der Waals surface area (Å²) >= 11 is 0. The van der Waals surface area contributed by atoms with Crippen molar-refractivity contribution in [2.75, 3.05) is 0 Å². The molecule has 260 valence electrons. The summed E-state index contributed by atoms with van der Waals surface area (Å²) in [5.41, 5.74) is 7.37. The first-order valence-electron chi connectivity index (χ1n) is 18.9. The standard InChI is InChI=1S/C51H30N4O/c1-2-15-32(16-3-1)49-52-50(36-27-26-31-14-4-5-17-33(31)28-36)54-51(53-49)46-39-22-9-8-21-38(39)45-40-23-11-13-25-44(40)56-48(45)47(46)55-42-24-12-10-20-37(42)41-29-34-18-6-7-19-35(34)30-43(41)55/h1-30H. The summed E-state index contributed by atoms with van der Waals surface area (Å²) in [6.45, 7) is 0. The molecule has 3 aromatic heterocycles. The van der Waals surface area contributed by atoms with Crippen LogP contribution in [0, 0.1) is 0 Å². The number of para-hydroxylation sites is 2. The second kappa shape index (κ2) is 11.9. The first-order chi connectivity index (χ1) is 27.8. The summed E-state index contributed by atoms with van der Waals surface area (Å²) in [4.78, 5) is 16.0. The predicted octanol–water partition coefficient (Wildman–Crippen LogP) is 13.3. The quantitative estimate of drug-likeness (QED) is 0.182. The zero-order chi connectivity index (χ0) is 36.7. The fourth-order valence-electron chi connectivity index (χ4n) is 8.64. The Labute approximate surface area is 320 Å². The Bertz CT molecular complexity index is 3540. The molecule has 56 heavy (non-hydrogen) atoms. The Morgan fingerprint density at radius 3 is 1.77 bits per heavy atom. The van der Waals surface area contributed by atoms with Crippen molar-refractivity contribution in [2.24, 2.45) is 0 Å². The zero-order valence-electron chi connectivity index (χ0n) is 30.0. The van der Waals surface area contributed by atoms with E-state index in [0.29, 0.717) is 17.5 Å². The van der Waals surface area contributed by atoms with E-state index in [1.54, 1.807) is 0 Å². The fraction of sp³-hybridized carbons (Fsp3) is 0. The molecule has 0 aliphatic carbocycles. The van der Waals surface area contributed by atoms with Gasteiger partial charge in [0.05, 0.1) is 16.6 Å². The second-order valence-corrected chi connectivity index (χ2v) is 14.4. The molecule has 0 unspecified atom stereocenters. The van der Waals surface area contributed by atoms with Gasteiger partial charge in [0.1, 0.15) is 11.3 Å². The van der Waals surface area contributed by atoms with E-state index in [4.69, 9.17) is 19.4 Å². The Balaban J connectivity index is 1.29. The fourth-order valence-corrected chi connectivity index (χ4v) is 8.64. The molecule has 0 aliphatic heterocycles. The number of benzene rings is 9. The highest BCUT2D eigenvalue weighted by Gasteiger charge is 2.27. The summed E-state index contributed by atoms with van der Waals surface area (Å²) in [5, 5.41) is 11.2. The van der Waals surface area contributed by atoms with Crippen LogP contribution in [0.1, 0.15) is 0 Å². The Kier molecular flexibility index (Phi) is 6.56. The third kappa shape index (κ3) is 4.58. The molecule has 0 atom stereocenters. The van der Waals surface area contributed by atoms with Crippen LogP contribution in [0.2, 0.25) is 0 Å². The molecule has 0 spiro atoms. The average molecular weight is 715 g/mol. The minimum Gasteiger partial charge on any atom is -0.454 e. The largest absolute Gasteiger partial charge is 0.454 e. The van der Waals surface area contributed by atoms with Crippen LogP contribution in [0.3, 0.4) is 0 Å². The lowest BCUT2D eigenvalue weighted by Crippen LogP contribution is -2.05. The molecule has 0 bridgehead atoms. The molecule has 0 aliphatic rings. The maximum atomic E-state index is 7.05. The molecule has 12 rings (SSSR count). The van der Waals surface area contributed by atoms with Crippen LogP contribution in [-0.2, 0) is 0 Å². The molecule has 9 aromatic carbocycles. The number of hydrogen-bond acceptors (Lipinski definition) is 4. The van der Waals surface area contributed by atoms with Crippen molar-refractivity contribution < 1.29 is 4.42 Å². The van der Waals surface area contributed by atoms with Crippen molar-refractivity contribution in [3.05, 3.63) is 182 Å². The van der Waals surface area contributed by atoms with Crippen molar-refractivity contribution in [1.29, 1.82) is 0 Å². The molecule has 0 radical (unpaired) electrons. The first-order valence-corrected chi connectivity index (χ1v) is 18.9. The minimum absolute atomic E-state index is 0.572. The molecular weight excluding hydrogens is 685 g/mol. The molecule has 12 aromatic rings. The van der Waals surface area contributed by atoms with Gasteiger partial charge in [0.25, 0.3) is 0 Å². The van der Waals surface area contributed by atoms with E-state index in [0.717, 1.165) is 87.7 Å². The maximum absolute atomic E-state index is 7.05. The third-order valence-corrected chi connectivity index (χ3v) is 11.2. The molecule has 5 heteroatoms. The monoisotopic (exact) mass is 714 g/mol. The van der Waals surface area contributed by atoms with Crippen LogP contribution in [0.25, 0.3) is 116 Å². The summed E-state index contributed by atoms with van der Waals surface area (Å²) < 4.78 is 9.43. The van der Waals surface area contributed by atoms with E-state index in [1.165, 1.54) is 10.8 Å². The number of hydrogen-bond donors (Lipinski definition) is 0. The number of nitrogens with zero attached hydrogens (tertiary/aromatic N) is 4. The molecule has 0 amide bonds. The van der Waals surface area contributed by atoms with Gasteiger partial charge in [-0.05, 0) is 62.6 Å². The Morgan fingerprint density at radius 1 is 0.375 bits per heavy atom. The lowest BCUT2D eigenvalue weighted by atomic mass is 9.96. The van der Waals surface area contributed by atoms with Crippen molar-refractivity contribution in [2.45, 2.75) is 0 Å². The van der Waals surface area contributed by atoms with E-state index in [-0.39, 0.29) is 0 Å². The minimum atomic E-state index is 0.572. The summed E-state index contributed by atoms with van der Waals surface area (Å²) in [6, 6.07) is 63.8. The lowest BCUT2D eigenvalue weighted by molar-refractivity contribution is 0.667. The highest BCUT2D eigenvalue weighted by Crippen LogP contribution is 2.47. The smallest absolute Gasteiger partial charge is 0.166 e. The third-order valence-electron chi connectivity index (χ3n) is 11.2. The van der Waals surface area contributed by atoms with Gasteiger partial charge in [0.15, 0.2) is 23.1 Å². The van der Waals surface area contributed by atoms with Crippen LogP contribution in [-0.4, -0.2) is 19.5 Å². The summed E-state index contributed by atoms with van der Waals surface area (Å²) in [5.74, 6) is 1.78. The van der Waals surface area contributed by atoms with E-state index in [2.05, 4.69) is 162 Å². The highest BCUT2D eigenvalue weighted by atomic mass is 16.3. The van der Waals surface area contributed by atoms with Gasteiger partial charge in [-0.2, -0.15) is 0 Å². The molecular formula is C51H30N4O. The van der Waals surface area contributed by atoms with E-state index >= 15 is 0 Å². The van der Waals surface area contributed by atoms with Crippen LogP contribution >= 0.6 is 0 Å². The molecule has 0 saturated heterocycles. The predicted molar refractivity (Wildman–Crippen MR) is 230 cm³/mol. The normalized spacial score (nSPS) is 11.9. The van der Waals surface area contributed by atoms with Crippen LogP contribution in [0.4, 0.5) is 0 Å². The maximum Gasteiger partial charge on any atom is 0.166 e. The van der Waals surface area contributed by atoms with Crippen LogP contribution < -0.4 is 0 Å². The van der Waals surface area contributed by atoms with Gasteiger partial charge < -0.3 is 8.98 Å². The van der Waals surface area contributed by atoms with Crippen LogP contribution in [0.15, 0.2) is 186 Å². The summed E-state index contributed by atoms with van der Waals surface area (Å²) in [7, 11) is 0. The van der Waals surface area contributed by atoms with Gasteiger partial charge in [0.2, 0.25) is 0 Å². The average Bonchev–Trinajstić information content (AvgIpc) is 3.81. The van der Waals surface area contributed by atoms with E-state index in [9.17, 15) is 0 Å². The van der Waals surface area contributed by atoms with Crippen LogP contribution in [0.5, 0.6) is 0 Å². The second-order valence-electron chi connectivity index (χ2n) is 14.4. The molecule has 3 heterocycles. The van der Waals surface area contributed by atoms with Crippen molar-refractivity contribution in [3.63, 3.8) is 0 Å². The topological polar surface area (TPSA) is 56.7 Å².